The van der Waals surface area contributed by atoms with Gasteiger partial charge in [-0.1, -0.05) is 109 Å². The minimum Gasteiger partial charge on any atom is -0.310 e. The van der Waals surface area contributed by atoms with Crippen molar-refractivity contribution in [1.29, 1.82) is 0 Å². The lowest BCUT2D eigenvalue weighted by molar-refractivity contribution is 1.29. The number of para-hydroxylation sites is 1. The van der Waals surface area contributed by atoms with Crippen LogP contribution in [0.4, 0.5) is 17.1 Å². The van der Waals surface area contributed by atoms with E-state index in [-0.39, 0.29) is 0 Å². The maximum Gasteiger partial charge on any atom is 0.0468 e. The minimum atomic E-state index is 1.14. The summed E-state index contributed by atoms with van der Waals surface area (Å²) in [4.78, 5) is 2.36. The summed E-state index contributed by atoms with van der Waals surface area (Å²) in [6, 6.07) is 63.9. The molecule has 0 heterocycles. The van der Waals surface area contributed by atoms with Gasteiger partial charge in [-0.25, -0.2) is 0 Å². The van der Waals surface area contributed by atoms with Crippen molar-refractivity contribution in [2.75, 3.05) is 4.90 Å². The van der Waals surface area contributed by atoms with Gasteiger partial charge in [0.05, 0.1) is 0 Å². The van der Waals surface area contributed by atoms with Gasteiger partial charge in [0.25, 0.3) is 0 Å². The first-order chi connectivity index (χ1) is 22.3. The molecule has 0 bridgehead atoms. The number of benzene rings is 8. The second-order valence-corrected chi connectivity index (χ2v) is 11.8. The Kier molecular flexibility index (Phi) is 5.89. The zero-order chi connectivity index (χ0) is 29.7. The van der Waals surface area contributed by atoms with Crippen LogP contribution in [0.3, 0.4) is 0 Å². The highest BCUT2D eigenvalue weighted by Gasteiger charge is 2.24. The quantitative estimate of drug-likeness (QED) is 0.199. The van der Waals surface area contributed by atoms with Crippen LogP contribution in [-0.2, 0) is 0 Å². The van der Waals surface area contributed by atoms with Crippen LogP contribution >= 0.6 is 0 Å². The molecule has 1 aliphatic carbocycles. The zero-order valence-corrected chi connectivity index (χ0v) is 24.7. The molecular formula is C44H29N. The van der Waals surface area contributed by atoms with Crippen LogP contribution in [0.15, 0.2) is 176 Å². The molecule has 0 N–H and O–H groups in total. The van der Waals surface area contributed by atoms with Crippen LogP contribution in [0.2, 0.25) is 0 Å². The Morgan fingerprint density at radius 1 is 0.244 bits per heavy atom. The Bertz CT molecular complexity index is 2360. The normalized spacial score (nSPS) is 11.6. The van der Waals surface area contributed by atoms with E-state index in [9.17, 15) is 0 Å². The largest absolute Gasteiger partial charge is 0.310 e. The summed E-state index contributed by atoms with van der Waals surface area (Å²) in [5, 5.41) is 5.07. The fourth-order valence-corrected chi connectivity index (χ4v) is 6.84. The lowest BCUT2D eigenvalue weighted by Gasteiger charge is -2.28. The molecular weight excluding hydrogens is 542 g/mol. The van der Waals surface area contributed by atoms with E-state index in [4.69, 9.17) is 0 Å². The molecule has 0 saturated heterocycles. The van der Waals surface area contributed by atoms with Crippen LogP contribution in [0.1, 0.15) is 0 Å². The fourth-order valence-electron chi connectivity index (χ4n) is 6.84. The Morgan fingerprint density at radius 2 is 0.689 bits per heavy atom. The molecule has 1 nitrogen and oxygen atoms in total. The number of hydrogen-bond acceptors (Lipinski definition) is 1. The van der Waals surface area contributed by atoms with Crippen molar-refractivity contribution in [1.82, 2.24) is 0 Å². The summed E-state index contributed by atoms with van der Waals surface area (Å²) in [6.07, 6.45) is 0. The van der Waals surface area contributed by atoms with Crippen molar-refractivity contribution in [2.45, 2.75) is 0 Å². The van der Waals surface area contributed by atoms with E-state index in [0.29, 0.717) is 0 Å². The zero-order valence-electron chi connectivity index (χ0n) is 24.7. The molecule has 0 amide bonds. The molecule has 0 fully saturated rings. The van der Waals surface area contributed by atoms with Crippen LogP contribution in [0.5, 0.6) is 0 Å². The van der Waals surface area contributed by atoms with E-state index in [1.807, 2.05) is 0 Å². The number of rotatable bonds is 5. The Labute approximate surface area is 263 Å². The molecule has 45 heavy (non-hydrogen) atoms. The number of fused-ring (bicyclic) bond motifs is 6. The number of anilines is 3. The van der Waals surface area contributed by atoms with Gasteiger partial charge in [0.2, 0.25) is 0 Å². The van der Waals surface area contributed by atoms with Crippen molar-refractivity contribution >= 4 is 38.6 Å². The summed E-state index contributed by atoms with van der Waals surface area (Å²) in [5.74, 6) is 0. The smallest absolute Gasteiger partial charge is 0.0468 e. The summed E-state index contributed by atoms with van der Waals surface area (Å²) in [7, 11) is 0. The van der Waals surface area contributed by atoms with Crippen LogP contribution < -0.4 is 4.90 Å². The van der Waals surface area contributed by atoms with Gasteiger partial charge in [-0.2, -0.15) is 0 Å². The predicted octanol–water partition coefficient (Wildman–Crippen LogP) is 12.4. The molecule has 8 aromatic carbocycles. The summed E-state index contributed by atoms with van der Waals surface area (Å²) >= 11 is 0. The standard InChI is InChI=1S/C44H29N/c1-4-11-30(12-5-1)32-15-10-18-39(24-32)45(38-16-8-3-9-17-38)40-22-21-35-27-42-43-28-36-23-33(31-13-6-2-7-14-31)19-20-34(36)26-41(43)44(42)29-37(35)25-40/h1-29H. The Hall–Kier alpha value is -5.92. The summed E-state index contributed by atoms with van der Waals surface area (Å²) in [6.45, 7) is 0. The summed E-state index contributed by atoms with van der Waals surface area (Å²) < 4.78 is 0. The van der Waals surface area contributed by atoms with Crippen molar-refractivity contribution in [2.24, 2.45) is 0 Å². The van der Waals surface area contributed by atoms with Gasteiger partial charge in [-0.3, -0.25) is 0 Å². The Balaban J connectivity index is 1.13. The van der Waals surface area contributed by atoms with Gasteiger partial charge in [0, 0.05) is 17.1 Å². The number of hydrogen-bond donors (Lipinski definition) is 0. The lowest BCUT2D eigenvalue weighted by Crippen LogP contribution is -2.10. The third-order valence-electron chi connectivity index (χ3n) is 9.11. The monoisotopic (exact) mass is 571 g/mol. The second kappa shape index (κ2) is 10.4. The third kappa shape index (κ3) is 4.41. The van der Waals surface area contributed by atoms with E-state index < -0.39 is 0 Å². The van der Waals surface area contributed by atoms with Crippen LogP contribution in [0.25, 0.3) is 66.1 Å². The molecule has 0 unspecified atom stereocenters. The molecule has 0 aromatic heterocycles. The van der Waals surface area contributed by atoms with Gasteiger partial charge in [0.1, 0.15) is 0 Å². The van der Waals surface area contributed by atoms with Crippen molar-refractivity contribution in [3.05, 3.63) is 176 Å². The Morgan fingerprint density at radius 3 is 1.31 bits per heavy atom. The topological polar surface area (TPSA) is 3.24 Å². The van der Waals surface area contributed by atoms with E-state index >= 15 is 0 Å². The van der Waals surface area contributed by atoms with Crippen LogP contribution in [0, 0.1) is 0 Å². The van der Waals surface area contributed by atoms with E-state index in [0.717, 1.165) is 17.1 Å². The van der Waals surface area contributed by atoms with E-state index in [1.165, 1.54) is 66.1 Å². The first kappa shape index (κ1) is 25.6. The van der Waals surface area contributed by atoms with Gasteiger partial charge >= 0.3 is 0 Å². The minimum absolute atomic E-state index is 1.14. The average Bonchev–Trinajstić information content (AvgIpc) is 3.11. The van der Waals surface area contributed by atoms with Crippen molar-refractivity contribution < 1.29 is 0 Å². The molecule has 0 atom stereocenters. The molecule has 0 spiro atoms. The highest BCUT2D eigenvalue weighted by atomic mass is 15.1. The molecule has 8 aromatic rings. The third-order valence-corrected chi connectivity index (χ3v) is 9.11. The first-order valence-electron chi connectivity index (χ1n) is 15.5. The summed E-state index contributed by atoms with van der Waals surface area (Å²) in [5.41, 5.74) is 13.7. The van der Waals surface area contributed by atoms with Gasteiger partial charge in [-0.15, -0.1) is 0 Å². The van der Waals surface area contributed by atoms with E-state index in [2.05, 4.69) is 181 Å². The second-order valence-electron chi connectivity index (χ2n) is 11.8. The SMILES string of the molecule is c1ccc(-c2cccc(N(c3ccccc3)c3ccc4cc5c(cc4c3)-c3cc4ccc(-c6ccccc6)cc4cc3-5)c2)cc1. The highest BCUT2D eigenvalue weighted by Crippen LogP contribution is 2.51. The molecule has 0 saturated carbocycles. The molecule has 1 heteroatoms. The van der Waals surface area contributed by atoms with Crippen molar-refractivity contribution in [3.8, 4) is 44.5 Å². The number of nitrogens with zero attached hydrogens (tertiary/aromatic N) is 1. The lowest BCUT2D eigenvalue weighted by atomic mass is 9.77. The maximum atomic E-state index is 2.38. The fraction of sp³-hybridized carbons (Fsp3) is 0. The highest BCUT2D eigenvalue weighted by molar-refractivity contribution is 6.12. The van der Waals surface area contributed by atoms with Gasteiger partial charge in [-0.05, 0) is 133 Å². The maximum absolute atomic E-state index is 2.38. The predicted molar refractivity (Wildman–Crippen MR) is 191 cm³/mol. The van der Waals surface area contributed by atoms with Gasteiger partial charge < -0.3 is 4.90 Å². The molecule has 1 aliphatic rings. The van der Waals surface area contributed by atoms with Crippen molar-refractivity contribution in [3.63, 3.8) is 0 Å². The first-order valence-corrected chi connectivity index (χ1v) is 15.5. The average molecular weight is 572 g/mol. The molecule has 0 radical (unpaired) electrons. The molecule has 210 valence electrons. The van der Waals surface area contributed by atoms with Crippen LogP contribution in [-0.4, -0.2) is 0 Å². The van der Waals surface area contributed by atoms with E-state index in [1.54, 1.807) is 0 Å². The molecule has 0 aliphatic heterocycles. The molecule has 9 rings (SSSR count). The van der Waals surface area contributed by atoms with Gasteiger partial charge in [0.15, 0.2) is 0 Å².